The Balaban J connectivity index is 0.000000183. The van der Waals surface area contributed by atoms with Crippen molar-refractivity contribution in [2.24, 2.45) is 0 Å². The van der Waals surface area contributed by atoms with Crippen molar-refractivity contribution in [1.82, 2.24) is 36.3 Å². The Morgan fingerprint density at radius 1 is 0.409 bits per heavy atom. The third-order valence-corrected chi connectivity index (χ3v) is 27.8. The van der Waals surface area contributed by atoms with Crippen LogP contribution in [0.1, 0.15) is 107 Å². The molecule has 9 aromatic rings. The van der Waals surface area contributed by atoms with Crippen LogP contribution in [0.2, 0.25) is 0 Å². The number of oxazole rings is 3. The van der Waals surface area contributed by atoms with Gasteiger partial charge in [0.15, 0.2) is 61.4 Å². The van der Waals surface area contributed by atoms with Crippen LogP contribution in [0.4, 0.5) is 0 Å². The lowest BCUT2D eigenvalue weighted by Crippen LogP contribution is -2.57. The number of hydrogen-bond acceptors (Lipinski definition) is 27. The number of sulfone groups is 3. The highest BCUT2D eigenvalue weighted by molar-refractivity contribution is 7.94. The molecule has 3 amide bonds. The maximum absolute atomic E-state index is 13.7. The first-order valence-electron chi connectivity index (χ1n) is 38.0. The SMILES string of the molecule is CCOc1ccc(-c2nc(CCCOc3ccc(S(=O)(=O)C4(C(=O)NO)CCN(CCOC)CC4)cc3)oc2C)cc1.CCOc1ccc(-c2nc(CCCOc3ccc(S(=O)(=O)C4(C(=O)NO)CCOCC4)cc3)oc2C)cc1.Cc1oc(CCCOc2ccc(S(=O)(=O)C3(C(=O)NO)CCOCC3)cc2)nc1-c1ccccc1. The summed E-state index contributed by atoms with van der Waals surface area (Å²) < 4.78 is 137. The van der Waals surface area contributed by atoms with Crippen molar-refractivity contribution >= 4 is 47.2 Å². The van der Waals surface area contributed by atoms with Gasteiger partial charge >= 0.3 is 0 Å². The smallest absolute Gasteiger partial charge is 0.265 e. The van der Waals surface area contributed by atoms with Gasteiger partial charge in [-0.25, -0.2) is 56.6 Å². The van der Waals surface area contributed by atoms with Crippen LogP contribution in [-0.4, -0.2) is 186 Å². The predicted molar refractivity (Wildman–Crippen MR) is 420 cm³/mol. The molecule has 33 heteroatoms. The van der Waals surface area contributed by atoms with E-state index in [1.54, 1.807) is 49.0 Å². The summed E-state index contributed by atoms with van der Waals surface area (Å²) >= 11 is 0. The third kappa shape index (κ3) is 20.8. The van der Waals surface area contributed by atoms with E-state index in [0.717, 1.165) is 62.6 Å². The fourth-order valence-electron chi connectivity index (χ4n) is 13.8. The Morgan fingerprint density at radius 3 is 0.991 bits per heavy atom. The number of nitrogens with one attached hydrogen (secondary N) is 3. The lowest BCUT2D eigenvalue weighted by molar-refractivity contribution is -0.135. The second-order valence-corrected chi connectivity index (χ2v) is 34.2. The van der Waals surface area contributed by atoms with Gasteiger partial charge in [0, 0.05) is 89.1 Å². The monoisotopic (exact) mass is 1650 g/mol. The molecule has 6 heterocycles. The molecule has 618 valence electrons. The first-order valence-corrected chi connectivity index (χ1v) is 42.4. The molecule has 3 aliphatic heterocycles. The van der Waals surface area contributed by atoms with Crippen molar-refractivity contribution in [1.29, 1.82) is 0 Å². The van der Waals surface area contributed by atoms with E-state index in [1.165, 1.54) is 47.4 Å². The fraction of sp³-hybridized carbons (Fsp3) is 0.415. The predicted octanol–water partition coefficient (Wildman–Crippen LogP) is 11.2. The van der Waals surface area contributed by atoms with Crippen LogP contribution in [0, 0.1) is 20.8 Å². The van der Waals surface area contributed by atoms with E-state index in [0.29, 0.717) is 133 Å². The van der Waals surface area contributed by atoms with Crippen molar-refractivity contribution in [3.8, 4) is 62.5 Å². The first-order chi connectivity index (χ1) is 55.4. The zero-order valence-electron chi connectivity index (χ0n) is 65.1. The number of hydrogen-bond donors (Lipinski definition) is 6. The molecule has 3 saturated heterocycles. The third-order valence-electron chi connectivity index (χ3n) is 20.2. The molecule has 6 aromatic carbocycles. The number of aromatic nitrogens is 3. The molecule has 30 nitrogen and oxygen atoms in total. The van der Waals surface area contributed by atoms with Gasteiger partial charge < -0.3 is 56.0 Å². The summed E-state index contributed by atoms with van der Waals surface area (Å²) in [6.07, 6.45) is 3.66. The second kappa shape index (κ2) is 40.5. The molecule has 115 heavy (non-hydrogen) atoms. The summed E-state index contributed by atoms with van der Waals surface area (Å²) in [5.74, 6) is 4.40. The Bertz CT molecular complexity index is 4990. The zero-order chi connectivity index (χ0) is 82.2. The molecule has 3 aromatic heterocycles. The highest BCUT2D eigenvalue weighted by Crippen LogP contribution is 2.40. The zero-order valence-corrected chi connectivity index (χ0v) is 67.6. The summed E-state index contributed by atoms with van der Waals surface area (Å²) in [5.41, 5.74) is 9.93. The molecule has 6 N–H and O–H groups in total. The average Bonchev–Trinajstić information content (AvgIpc) is 1.36. The molecule has 3 fully saturated rings. The van der Waals surface area contributed by atoms with E-state index in [2.05, 4.69) is 15.0 Å². The topological polar surface area (TPSA) is 406 Å². The minimum atomic E-state index is -4.10. The van der Waals surface area contributed by atoms with Crippen molar-refractivity contribution in [2.45, 2.75) is 141 Å². The number of likely N-dealkylation sites (tertiary alicyclic amines) is 1. The fourth-order valence-corrected chi connectivity index (χ4v) is 19.6. The van der Waals surface area contributed by atoms with Gasteiger partial charge in [-0.15, -0.1) is 0 Å². The van der Waals surface area contributed by atoms with Crippen molar-refractivity contribution in [3.05, 3.63) is 187 Å². The van der Waals surface area contributed by atoms with Crippen molar-refractivity contribution < 1.29 is 106 Å². The molecule has 0 atom stereocenters. The van der Waals surface area contributed by atoms with Crippen LogP contribution in [0.15, 0.2) is 180 Å². The Labute approximate surface area is 668 Å². The van der Waals surface area contributed by atoms with Gasteiger partial charge in [-0.3, -0.25) is 30.0 Å². The van der Waals surface area contributed by atoms with Crippen LogP contribution in [-0.2, 0) is 77.4 Å². The van der Waals surface area contributed by atoms with E-state index in [9.17, 15) is 50.1 Å². The number of ether oxygens (including phenoxy) is 8. The van der Waals surface area contributed by atoms with Gasteiger partial charge in [0.2, 0.25) is 0 Å². The Hall–Kier alpha value is -10.1. The second-order valence-electron chi connectivity index (χ2n) is 27.5. The number of hydroxylamine groups is 3. The normalized spacial score (nSPS) is 15.3. The van der Waals surface area contributed by atoms with Crippen LogP contribution < -0.4 is 40.1 Å². The minimum absolute atomic E-state index is 0.000807. The Morgan fingerprint density at radius 2 is 0.696 bits per heavy atom. The van der Waals surface area contributed by atoms with Gasteiger partial charge in [0.25, 0.3) is 17.7 Å². The number of carbonyl (C=O) groups excluding carboxylic acids is 3. The first kappa shape index (κ1) is 87.3. The molecule has 0 radical (unpaired) electrons. The van der Waals surface area contributed by atoms with E-state index in [1.807, 2.05) is 118 Å². The van der Waals surface area contributed by atoms with Crippen molar-refractivity contribution in [2.75, 3.05) is 92.8 Å². The van der Waals surface area contributed by atoms with E-state index in [-0.39, 0.29) is 79.6 Å². The quantitative estimate of drug-likeness (QED) is 0.0124. The number of piperidine rings is 1. The number of aryl methyl sites for hydroxylation is 6. The number of benzene rings is 6. The summed E-state index contributed by atoms with van der Waals surface area (Å²) in [5, 5.41) is 27.7. The number of carbonyl (C=O) groups is 3. The largest absolute Gasteiger partial charge is 0.494 e. The number of rotatable bonds is 34. The number of amides is 3. The molecule has 12 rings (SSSR count). The van der Waals surface area contributed by atoms with Crippen LogP contribution in [0.3, 0.4) is 0 Å². The molecule has 0 aliphatic carbocycles. The summed E-state index contributed by atoms with van der Waals surface area (Å²) in [6, 6.07) is 43.2. The van der Waals surface area contributed by atoms with Gasteiger partial charge in [-0.05, 0) is 214 Å². The average molecular weight is 1650 g/mol. The minimum Gasteiger partial charge on any atom is -0.494 e. The van der Waals surface area contributed by atoms with Gasteiger partial charge in [0.1, 0.15) is 63.1 Å². The number of nitrogens with zero attached hydrogens (tertiary/aromatic N) is 4. The van der Waals surface area contributed by atoms with E-state index in [4.69, 9.17) is 56.4 Å². The van der Waals surface area contributed by atoms with Crippen LogP contribution in [0.5, 0.6) is 28.7 Å². The molecule has 0 saturated carbocycles. The van der Waals surface area contributed by atoms with E-state index >= 15 is 0 Å². The lowest BCUT2D eigenvalue weighted by Gasteiger charge is -2.39. The maximum atomic E-state index is 13.7. The summed E-state index contributed by atoms with van der Waals surface area (Å²) in [4.78, 5) is 53.3. The van der Waals surface area contributed by atoms with E-state index < -0.39 is 61.5 Å². The maximum Gasteiger partial charge on any atom is 0.265 e. The molecule has 0 bridgehead atoms. The molecular formula is C82H99N7O23S3. The summed E-state index contributed by atoms with van der Waals surface area (Å²) in [6.45, 7) is 14.3. The van der Waals surface area contributed by atoms with Crippen molar-refractivity contribution in [3.63, 3.8) is 0 Å². The van der Waals surface area contributed by atoms with Crippen LogP contribution >= 0.6 is 0 Å². The van der Waals surface area contributed by atoms with Gasteiger partial charge in [-0.1, -0.05) is 30.3 Å². The lowest BCUT2D eigenvalue weighted by atomic mass is 9.95. The Kier molecular flexibility index (Phi) is 30.7. The van der Waals surface area contributed by atoms with Gasteiger partial charge in [0.05, 0.1) is 54.3 Å². The summed E-state index contributed by atoms with van der Waals surface area (Å²) in [7, 11) is -10.6. The number of methoxy groups -OCH3 is 1. The molecular weight excluding hydrogens is 1550 g/mol. The van der Waals surface area contributed by atoms with Crippen LogP contribution in [0.25, 0.3) is 33.8 Å². The highest BCUT2D eigenvalue weighted by atomic mass is 32.2. The molecule has 0 spiro atoms. The molecule has 0 unspecified atom stereocenters. The molecule has 3 aliphatic rings. The standard InChI is InChI=1S/C30H39N3O8S.C27H32N2O8S.C25H28N2O7S/c1-4-39-24-9-7-23(8-10-24)28-22(2)41-27(31-28)6-5-20-40-25-11-13-26(14-12-25)42(36,37)30(29(34)32-35)15-17-33(18-16-30)19-21-38-3;1-3-35-21-8-6-20(7-9-21)25-19(2)37-24(28-25)5-4-16-36-22-10-12-23(13-11-22)38(32,33)27(26(30)29-31)14-17-34-18-15-27;1-18-23(19-6-3-2-4-7-19)26-22(34-18)8-5-15-33-20-9-11-21(12-10-20)35(30,31)25(24(28)27-29)13-16-32-17-14-25/h7-14,35H,4-6,15-21H2,1-3H3,(H,32,34);6-13,31H,3-5,14-18H2,1-2H3,(H,29,30);2-4,6-7,9-12,29H,5,8,13-17H2,1H3,(H,27,28). The van der Waals surface area contributed by atoms with Gasteiger partial charge in [-0.2, -0.15) is 0 Å². The highest BCUT2D eigenvalue weighted by Gasteiger charge is 2.55.